The average molecular weight is 250 g/mol. The van der Waals surface area contributed by atoms with Crippen molar-refractivity contribution in [1.82, 2.24) is 4.90 Å². The molecule has 3 nitrogen and oxygen atoms in total. The van der Waals surface area contributed by atoms with Crippen LogP contribution < -0.4 is 0 Å². The summed E-state index contributed by atoms with van der Waals surface area (Å²) in [4.78, 5) is 2.60. The highest BCUT2D eigenvalue weighted by molar-refractivity contribution is 4.90. The number of hydrogen-bond donors (Lipinski definition) is 1. The molecule has 1 saturated carbocycles. The lowest BCUT2D eigenvalue weighted by molar-refractivity contribution is 0.0348. The van der Waals surface area contributed by atoms with Crippen molar-refractivity contribution in [3.05, 3.63) is 0 Å². The van der Waals surface area contributed by atoms with Crippen molar-refractivity contribution in [2.24, 2.45) is 5.92 Å². The van der Waals surface area contributed by atoms with E-state index in [0.29, 0.717) is 18.4 Å². The molecule has 0 aromatic heterocycles. The summed E-state index contributed by atoms with van der Waals surface area (Å²) in [5, 5.41) is 18.7. The Kier molecular flexibility index (Phi) is 5.46. The highest BCUT2D eigenvalue weighted by Gasteiger charge is 2.36. The smallest absolute Gasteiger partial charge is 0.0621 e. The van der Waals surface area contributed by atoms with Crippen molar-refractivity contribution in [3.8, 4) is 6.07 Å². The Morgan fingerprint density at radius 1 is 1.11 bits per heavy atom. The molecule has 3 atom stereocenters. The van der Waals surface area contributed by atoms with Gasteiger partial charge in [0.15, 0.2) is 0 Å². The summed E-state index contributed by atoms with van der Waals surface area (Å²) in [6.07, 6.45) is 10.1. The van der Waals surface area contributed by atoms with Crippen LogP contribution in [0.4, 0.5) is 0 Å². The topological polar surface area (TPSA) is 47.3 Å². The molecule has 102 valence electrons. The van der Waals surface area contributed by atoms with Crippen molar-refractivity contribution in [2.75, 3.05) is 13.1 Å². The van der Waals surface area contributed by atoms with Crippen LogP contribution in [0.15, 0.2) is 0 Å². The fourth-order valence-corrected chi connectivity index (χ4v) is 3.72. The highest BCUT2D eigenvalue weighted by Crippen LogP contribution is 2.35. The first kappa shape index (κ1) is 13.8. The Morgan fingerprint density at radius 2 is 2.00 bits per heavy atom. The van der Waals surface area contributed by atoms with E-state index in [2.05, 4.69) is 11.0 Å². The molecule has 0 aromatic carbocycles. The Bertz CT molecular complexity index is 287. The van der Waals surface area contributed by atoms with Crippen LogP contribution in [0.5, 0.6) is 0 Å². The summed E-state index contributed by atoms with van der Waals surface area (Å²) in [7, 11) is 0. The van der Waals surface area contributed by atoms with E-state index in [9.17, 15) is 5.11 Å². The van der Waals surface area contributed by atoms with E-state index in [1.54, 1.807) is 0 Å². The van der Waals surface area contributed by atoms with Crippen molar-refractivity contribution >= 4 is 0 Å². The molecule has 1 N–H and O–H groups in total. The Morgan fingerprint density at radius 3 is 2.72 bits per heavy atom. The molecular formula is C15H26N2O. The molecule has 3 unspecified atom stereocenters. The molecule has 2 aliphatic rings. The lowest BCUT2D eigenvalue weighted by atomic mass is 9.87. The molecule has 1 aliphatic carbocycles. The van der Waals surface area contributed by atoms with Gasteiger partial charge in [-0.25, -0.2) is 0 Å². The SMILES string of the molecule is N#CCCCCN1CCCCC1C1CCCC1O. The van der Waals surface area contributed by atoms with Crippen LogP contribution in [0.1, 0.15) is 57.8 Å². The number of hydrogen-bond acceptors (Lipinski definition) is 3. The van der Waals surface area contributed by atoms with Gasteiger partial charge in [0.25, 0.3) is 0 Å². The van der Waals surface area contributed by atoms with Gasteiger partial charge in [0.1, 0.15) is 0 Å². The van der Waals surface area contributed by atoms with Crippen LogP contribution >= 0.6 is 0 Å². The third-order valence-electron chi connectivity index (χ3n) is 4.67. The summed E-state index contributed by atoms with van der Waals surface area (Å²) in [6.45, 7) is 2.32. The first-order chi connectivity index (χ1) is 8.83. The minimum Gasteiger partial charge on any atom is -0.393 e. The Hall–Kier alpha value is -0.590. The van der Waals surface area contributed by atoms with Gasteiger partial charge in [0.2, 0.25) is 0 Å². The van der Waals surface area contributed by atoms with Crippen LogP contribution in [-0.4, -0.2) is 35.2 Å². The number of unbranched alkanes of at least 4 members (excludes halogenated alkanes) is 2. The van der Waals surface area contributed by atoms with Gasteiger partial charge >= 0.3 is 0 Å². The minimum absolute atomic E-state index is 0.0605. The van der Waals surface area contributed by atoms with E-state index in [4.69, 9.17) is 5.26 Å². The van der Waals surface area contributed by atoms with Crippen LogP contribution in [0.25, 0.3) is 0 Å². The minimum atomic E-state index is -0.0605. The van der Waals surface area contributed by atoms with Gasteiger partial charge < -0.3 is 10.0 Å². The number of rotatable bonds is 5. The van der Waals surface area contributed by atoms with Gasteiger partial charge in [-0.3, -0.25) is 0 Å². The van der Waals surface area contributed by atoms with Crippen molar-refractivity contribution < 1.29 is 5.11 Å². The molecule has 1 saturated heterocycles. The van der Waals surface area contributed by atoms with Crippen molar-refractivity contribution in [3.63, 3.8) is 0 Å². The normalized spacial score (nSPS) is 33.4. The predicted molar refractivity (Wildman–Crippen MR) is 72.0 cm³/mol. The summed E-state index contributed by atoms with van der Waals surface area (Å²) < 4.78 is 0. The van der Waals surface area contributed by atoms with Crippen molar-refractivity contribution in [1.29, 1.82) is 5.26 Å². The van der Waals surface area contributed by atoms with Crippen LogP contribution in [0.3, 0.4) is 0 Å². The molecule has 0 aromatic rings. The maximum atomic E-state index is 10.1. The molecule has 2 rings (SSSR count). The second kappa shape index (κ2) is 7.11. The molecule has 18 heavy (non-hydrogen) atoms. The fraction of sp³-hybridized carbons (Fsp3) is 0.933. The lowest BCUT2D eigenvalue weighted by Gasteiger charge is -2.40. The van der Waals surface area contributed by atoms with Crippen molar-refractivity contribution in [2.45, 2.75) is 69.9 Å². The second-order valence-corrected chi connectivity index (χ2v) is 5.88. The number of likely N-dealkylation sites (tertiary alicyclic amines) is 1. The first-order valence-electron chi connectivity index (χ1n) is 7.62. The van der Waals surface area contributed by atoms with Gasteiger partial charge in [0.05, 0.1) is 12.2 Å². The maximum Gasteiger partial charge on any atom is 0.0621 e. The monoisotopic (exact) mass is 250 g/mol. The zero-order valence-electron chi connectivity index (χ0n) is 11.4. The molecule has 0 radical (unpaired) electrons. The lowest BCUT2D eigenvalue weighted by Crippen LogP contribution is -2.46. The largest absolute Gasteiger partial charge is 0.393 e. The first-order valence-corrected chi connectivity index (χ1v) is 7.62. The van der Waals surface area contributed by atoms with E-state index in [1.165, 1.54) is 38.6 Å². The van der Waals surface area contributed by atoms with E-state index in [-0.39, 0.29) is 6.10 Å². The predicted octanol–water partition coefficient (Wildman–Crippen LogP) is 2.70. The zero-order chi connectivity index (χ0) is 12.8. The molecule has 2 fully saturated rings. The number of piperidine rings is 1. The van der Waals surface area contributed by atoms with E-state index in [1.807, 2.05) is 0 Å². The molecule has 0 spiro atoms. The molecule has 3 heteroatoms. The molecular weight excluding hydrogens is 224 g/mol. The standard InChI is InChI=1S/C15H26N2O/c16-10-3-1-4-11-17-12-5-2-8-14(17)13-7-6-9-15(13)18/h13-15,18H,1-9,11-12H2. The summed E-state index contributed by atoms with van der Waals surface area (Å²) in [5.41, 5.74) is 0. The molecule has 0 amide bonds. The van der Waals surface area contributed by atoms with Crippen LogP contribution in [0.2, 0.25) is 0 Å². The van der Waals surface area contributed by atoms with E-state index in [0.717, 1.165) is 25.8 Å². The highest BCUT2D eigenvalue weighted by atomic mass is 16.3. The number of nitrogens with zero attached hydrogens (tertiary/aromatic N) is 2. The summed E-state index contributed by atoms with van der Waals surface area (Å²) in [6, 6.07) is 2.83. The quantitative estimate of drug-likeness (QED) is 0.763. The summed E-state index contributed by atoms with van der Waals surface area (Å²) >= 11 is 0. The Labute approximate surface area is 111 Å². The van der Waals surface area contributed by atoms with Crippen LogP contribution in [0, 0.1) is 17.2 Å². The third-order valence-corrected chi connectivity index (χ3v) is 4.67. The maximum absolute atomic E-state index is 10.1. The molecule has 1 aliphatic heterocycles. The summed E-state index contributed by atoms with van der Waals surface area (Å²) in [5.74, 6) is 0.515. The van der Waals surface area contributed by atoms with Gasteiger partial charge in [0, 0.05) is 18.4 Å². The zero-order valence-corrected chi connectivity index (χ0v) is 11.4. The van der Waals surface area contributed by atoms with Gasteiger partial charge in [-0.15, -0.1) is 0 Å². The number of aliphatic hydroxyl groups excluding tert-OH is 1. The fourth-order valence-electron chi connectivity index (χ4n) is 3.72. The Balaban J connectivity index is 1.83. The molecule has 0 bridgehead atoms. The third kappa shape index (κ3) is 3.46. The van der Waals surface area contributed by atoms with E-state index >= 15 is 0 Å². The van der Waals surface area contributed by atoms with Gasteiger partial charge in [-0.2, -0.15) is 5.26 Å². The van der Waals surface area contributed by atoms with Gasteiger partial charge in [-0.05, 0) is 51.6 Å². The number of aliphatic hydroxyl groups is 1. The van der Waals surface area contributed by atoms with Crippen LogP contribution in [-0.2, 0) is 0 Å². The second-order valence-electron chi connectivity index (χ2n) is 5.88. The molecule has 1 heterocycles. The average Bonchev–Trinajstić information content (AvgIpc) is 2.81. The number of nitriles is 1. The van der Waals surface area contributed by atoms with Gasteiger partial charge in [-0.1, -0.05) is 12.8 Å². The van der Waals surface area contributed by atoms with E-state index < -0.39 is 0 Å².